The number of aromatic nitrogens is 2. The Morgan fingerprint density at radius 2 is 1.72 bits per heavy atom. The lowest BCUT2D eigenvalue weighted by Gasteiger charge is -2.12. The lowest BCUT2D eigenvalue weighted by atomic mass is 10.1. The second-order valence-corrected chi connectivity index (χ2v) is 5.39. The number of aryl methyl sites for hydroxylation is 1. The van der Waals surface area contributed by atoms with E-state index in [0.29, 0.717) is 11.6 Å². The number of ether oxygens (including phenoxy) is 1. The minimum Gasteiger partial charge on any atom is -0.497 e. The van der Waals surface area contributed by atoms with Crippen molar-refractivity contribution in [2.45, 2.75) is 33.6 Å². The van der Waals surface area contributed by atoms with Gasteiger partial charge in [-0.05, 0) is 36.2 Å². The van der Waals surface area contributed by atoms with Crippen LogP contribution in [0.4, 0.5) is 17.3 Å². The number of hydrogen-bond acceptors (Lipinski definition) is 5. The molecule has 132 valence electrons. The van der Waals surface area contributed by atoms with Crippen LogP contribution in [-0.4, -0.2) is 17.1 Å². The van der Waals surface area contributed by atoms with Crippen LogP contribution in [0.25, 0.3) is 11.0 Å². The van der Waals surface area contributed by atoms with Gasteiger partial charge in [-0.25, -0.2) is 9.97 Å². The van der Waals surface area contributed by atoms with Gasteiger partial charge in [-0.3, -0.25) is 0 Å². The van der Waals surface area contributed by atoms with Gasteiger partial charge < -0.3 is 15.8 Å². The number of fused-ring (bicyclic) bond motifs is 1. The zero-order valence-corrected chi connectivity index (χ0v) is 15.3. The predicted molar refractivity (Wildman–Crippen MR) is 106 cm³/mol. The molecule has 0 saturated heterocycles. The van der Waals surface area contributed by atoms with Crippen molar-refractivity contribution in [3.63, 3.8) is 0 Å². The van der Waals surface area contributed by atoms with Crippen LogP contribution in [-0.2, 0) is 6.42 Å². The molecule has 5 nitrogen and oxygen atoms in total. The Morgan fingerprint density at radius 3 is 2.36 bits per heavy atom. The van der Waals surface area contributed by atoms with E-state index < -0.39 is 0 Å². The molecule has 3 N–H and O–H groups in total. The number of para-hydroxylation sites is 2. The Hall–Kier alpha value is -2.82. The van der Waals surface area contributed by atoms with Gasteiger partial charge in [0.15, 0.2) is 11.6 Å². The van der Waals surface area contributed by atoms with E-state index in [-0.39, 0.29) is 0 Å². The van der Waals surface area contributed by atoms with Crippen molar-refractivity contribution in [1.29, 1.82) is 0 Å². The monoisotopic (exact) mass is 338 g/mol. The third-order valence-corrected chi connectivity index (χ3v) is 3.60. The first kappa shape index (κ1) is 18.5. The van der Waals surface area contributed by atoms with E-state index in [1.54, 1.807) is 7.11 Å². The van der Waals surface area contributed by atoms with Crippen molar-refractivity contribution in [1.82, 2.24) is 9.97 Å². The Morgan fingerprint density at radius 1 is 1.04 bits per heavy atom. The molecule has 0 fully saturated rings. The predicted octanol–water partition coefficient (Wildman–Crippen LogP) is 4.94. The molecular formula is C20H26N4O. The Bertz CT molecular complexity index is 833. The van der Waals surface area contributed by atoms with Crippen molar-refractivity contribution < 1.29 is 4.74 Å². The van der Waals surface area contributed by atoms with Crippen LogP contribution in [0.15, 0.2) is 42.5 Å². The van der Waals surface area contributed by atoms with E-state index in [1.807, 2.05) is 50.2 Å². The van der Waals surface area contributed by atoms with Crippen LogP contribution in [0.1, 0.15) is 32.8 Å². The Kier molecular flexibility index (Phi) is 6.57. The number of nitrogens with zero attached hydrogens (tertiary/aromatic N) is 2. The van der Waals surface area contributed by atoms with Crippen molar-refractivity contribution in [3.05, 3.63) is 48.0 Å². The molecule has 0 amide bonds. The van der Waals surface area contributed by atoms with E-state index in [0.717, 1.165) is 35.3 Å². The normalized spacial score (nSPS) is 10.1. The number of rotatable bonds is 5. The summed E-state index contributed by atoms with van der Waals surface area (Å²) in [4.78, 5) is 8.96. The molecule has 1 heterocycles. The SMILES string of the molecule is CC.CCCc1cc(Nc2nc3ccccc3nc2N)cc(OC)c1. The molecule has 3 aromatic rings. The van der Waals surface area contributed by atoms with Crippen LogP contribution >= 0.6 is 0 Å². The highest BCUT2D eigenvalue weighted by atomic mass is 16.5. The Labute approximate surface area is 149 Å². The van der Waals surface area contributed by atoms with Crippen LogP contribution < -0.4 is 15.8 Å². The number of anilines is 3. The standard InChI is InChI=1S/C18H20N4O.C2H6/c1-3-6-12-9-13(11-14(10-12)23-2)20-18-17(19)21-15-7-4-5-8-16(15)22-18;1-2/h4-5,7-11H,3,6H2,1-2H3,(H2,19,21)(H,20,22);1-2H3. The van der Waals surface area contributed by atoms with Gasteiger partial charge in [-0.15, -0.1) is 0 Å². The van der Waals surface area contributed by atoms with Gasteiger partial charge in [0.1, 0.15) is 5.75 Å². The van der Waals surface area contributed by atoms with Crippen molar-refractivity contribution in [3.8, 4) is 5.75 Å². The number of hydrogen-bond donors (Lipinski definition) is 2. The quantitative estimate of drug-likeness (QED) is 0.689. The van der Waals surface area contributed by atoms with E-state index in [4.69, 9.17) is 10.5 Å². The lowest BCUT2D eigenvalue weighted by molar-refractivity contribution is 0.414. The molecule has 0 aliphatic carbocycles. The van der Waals surface area contributed by atoms with Crippen molar-refractivity contribution >= 4 is 28.4 Å². The molecule has 0 atom stereocenters. The highest BCUT2D eigenvalue weighted by Crippen LogP contribution is 2.27. The molecule has 0 radical (unpaired) electrons. The molecule has 25 heavy (non-hydrogen) atoms. The molecule has 0 aliphatic heterocycles. The van der Waals surface area contributed by atoms with Gasteiger partial charge >= 0.3 is 0 Å². The summed E-state index contributed by atoms with van der Waals surface area (Å²) in [6.45, 7) is 6.15. The molecule has 0 bridgehead atoms. The fraction of sp³-hybridized carbons (Fsp3) is 0.300. The molecule has 2 aromatic carbocycles. The summed E-state index contributed by atoms with van der Waals surface area (Å²) >= 11 is 0. The first-order chi connectivity index (χ1) is 12.2. The second-order valence-electron chi connectivity index (χ2n) is 5.39. The van der Waals surface area contributed by atoms with Crippen molar-refractivity contribution in [2.75, 3.05) is 18.2 Å². The molecule has 1 aromatic heterocycles. The largest absolute Gasteiger partial charge is 0.497 e. The topological polar surface area (TPSA) is 73.1 Å². The van der Waals surface area contributed by atoms with Gasteiger partial charge in [0, 0.05) is 11.8 Å². The zero-order valence-electron chi connectivity index (χ0n) is 15.3. The summed E-state index contributed by atoms with van der Waals surface area (Å²) in [5, 5.41) is 3.26. The average Bonchev–Trinajstić information content (AvgIpc) is 2.64. The molecular weight excluding hydrogens is 312 g/mol. The third kappa shape index (κ3) is 4.59. The summed E-state index contributed by atoms with van der Waals surface area (Å²) in [7, 11) is 1.67. The van der Waals surface area contributed by atoms with E-state index in [2.05, 4.69) is 28.3 Å². The van der Waals surface area contributed by atoms with Crippen molar-refractivity contribution in [2.24, 2.45) is 0 Å². The number of nitrogens with one attached hydrogen (secondary N) is 1. The van der Waals surface area contributed by atoms with Crippen LogP contribution in [0.5, 0.6) is 5.75 Å². The van der Waals surface area contributed by atoms with Crippen LogP contribution in [0, 0.1) is 0 Å². The molecule has 5 heteroatoms. The average molecular weight is 338 g/mol. The second kappa shape index (κ2) is 8.87. The number of methoxy groups -OCH3 is 1. The summed E-state index contributed by atoms with van der Waals surface area (Å²) < 4.78 is 5.37. The molecule has 0 unspecified atom stereocenters. The van der Waals surface area contributed by atoms with Gasteiger partial charge in [0.2, 0.25) is 0 Å². The smallest absolute Gasteiger partial charge is 0.174 e. The van der Waals surface area contributed by atoms with Crippen LogP contribution in [0.3, 0.4) is 0 Å². The van der Waals surface area contributed by atoms with Gasteiger partial charge in [0.25, 0.3) is 0 Å². The third-order valence-electron chi connectivity index (χ3n) is 3.60. The molecule has 0 spiro atoms. The van der Waals surface area contributed by atoms with E-state index in [1.165, 1.54) is 5.56 Å². The molecule has 3 rings (SSSR count). The van der Waals surface area contributed by atoms with Gasteiger partial charge in [0.05, 0.1) is 18.1 Å². The highest BCUT2D eigenvalue weighted by molar-refractivity contribution is 5.81. The number of nitrogen functional groups attached to an aromatic ring is 1. The maximum Gasteiger partial charge on any atom is 0.174 e. The molecule has 0 aliphatic rings. The maximum absolute atomic E-state index is 6.03. The lowest BCUT2D eigenvalue weighted by Crippen LogP contribution is -2.03. The van der Waals surface area contributed by atoms with Gasteiger partial charge in [-0.2, -0.15) is 0 Å². The number of nitrogens with two attached hydrogens (primary N) is 1. The van der Waals surface area contributed by atoms with E-state index >= 15 is 0 Å². The maximum atomic E-state index is 6.03. The summed E-state index contributed by atoms with van der Waals surface area (Å²) in [6.07, 6.45) is 2.06. The van der Waals surface area contributed by atoms with Crippen LogP contribution in [0.2, 0.25) is 0 Å². The van der Waals surface area contributed by atoms with Gasteiger partial charge in [-0.1, -0.05) is 39.3 Å². The van der Waals surface area contributed by atoms with E-state index in [9.17, 15) is 0 Å². The fourth-order valence-corrected chi connectivity index (χ4v) is 2.53. The minimum atomic E-state index is 0.378. The summed E-state index contributed by atoms with van der Waals surface area (Å²) in [5.41, 5.74) is 9.73. The Balaban J connectivity index is 0.00000109. The fourth-order valence-electron chi connectivity index (χ4n) is 2.53. The number of benzene rings is 2. The first-order valence-corrected chi connectivity index (χ1v) is 8.67. The zero-order chi connectivity index (χ0) is 18.2. The first-order valence-electron chi connectivity index (χ1n) is 8.67. The molecule has 0 saturated carbocycles. The summed E-state index contributed by atoms with van der Waals surface area (Å²) in [6, 6.07) is 13.7. The highest BCUT2D eigenvalue weighted by Gasteiger charge is 2.08. The summed E-state index contributed by atoms with van der Waals surface area (Å²) in [5.74, 6) is 1.74. The minimum absolute atomic E-state index is 0.378.